The van der Waals surface area contributed by atoms with E-state index in [1.807, 2.05) is 36.5 Å². The Kier molecular flexibility index (Phi) is 4.20. The first-order valence-corrected chi connectivity index (χ1v) is 7.56. The molecule has 3 nitrogen and oxygen atoms in total. The van der Waals surface area contributed by atoms with Crippen molar-refractivity contribution in [2.75, 3.05) is 20.2 Å². The Bertz CT molecular complexity index is 584. The molecule has 3 heteroatoms. The van der Waals surface area contributed by atoms with Crippen molar-refractivity contribution >= 4 is 5.78 Å². The van der Waals surface area contributed by atoms with Crippen LogP contribution in [0.1, 0.15) is 19.3 Å². The molecule has 1 heterocycles. The van der Waals surface area contributed by atoms with Gasteiger partial charge >= 0.3 is 0 Å². The largest absolute Gasteiger partial charge is 0.497 e. The number of hydrogen-bond acceptors (Lipinski definition) is 3. The maximum Gasteiger partial charge on any atom is 0.167 e. The van der Waals surface area contributed by atoms with Gasteiger partial charge in [0.05, 0.1) is 7.11 Å². The van der Waals surface area contributed by atoms with E-state index in [0.717, 1.165) is 49.3 Å². The van der Waals surface area contributed by atoms with E-state index in [0.29, 0.717) is 0 Å². The molecule has 110 valence electrons. The fraction of sp³-hybridized carbons (Fsp3) is 0.389. The number of piperidine rings is 1. The summed E-state index contributed by atoms with van der Waals surface area (Å²) in [6.07, 6.45) is 15.0. The normalized spacial score (nSPS) is 24.9. The van der Waals surface area contributed by atoms with Gasteiger partial charge in [0, 0.05) is 18.0 Å². The number of ketones is 1. The summed E-state index contributed by atoms with van der Waals surface area (Å²) in [6, 6.07) is 0. The molecule has 0 aromatic rings. The van der Waals surface area contributed by atoms with Crippen molar-refractivity contribution < 1.29 is 9.53 Å². The molecule has 2 aliphatic carbocycles. The predicted molar refractivity (Wildman–Crippen MR) is 83.7 cm³/mol. The number of nitrogens with one attached hydrogen (secondary N) is 1. The monoisotopic (exact) mass is 283 g/mol. The van der Waals surface area contributed by atoms with Gasteiger partial charge in [-0.3, -0.25) is 4.79 Å². The molecule has 0 saturated carbocycles. The van der Waals surface area contributed by atoms with Gasteiger partial charge in [0.2, 0.25) is 0 Å². The predicted octanol–water partition coefficient (Wildman–Crippen LogP) is 2.84. The molecule has 1 aliphatic heterocycles. The Labute approximate surface area is 125 Å². The average molecular weight is 283 g/mol. The zero-order valence-corrected chi connectivity index (χ0v) is 12.4. The molecule has 21 heavy (non-hydrogen) atoms. The molecular formula is C18H21NO2. The third-order valence-electron chi connectivity index (χ3n) is 4.20. The number of allylic oxidation sites excluding steroid dienone is 9. The summed E-state index contributed by atoms with van der Waals surface area (Å²) in [7, 11) is 1.68. The van der Waals surface area contributed by atoms with Crippen LogP contribution < -0.4 is 5.32 Å². The number of hydrogen-bond donors (Lipinski definition) is 1. The maximum absolute atomic E-state index is 12.7. The number of carbonyl (C=O) groups excluding carboxylic acids is 1. The van der Waals surface area contributed by atoms with Crippen LogP contribution in [0.3, 0.4) is 0 Å². The molecule has 3 rings (SSSR count). The Balaban J connectivity index is 1.86. The molecule has 2 bridgehead atoms. The molecular weight excluding hydrogens is 262 g/mol. The highest BCUT2D eigenvalue weighted by Gasteiger charge is 2.23. The first kappa shape index (κ1) is 14.1. The van der Waals surface area contributed by atoms with Crippen molar-refractivity contribution in [2.24, 2.45) is 5.92 Å². The van der Waals surface area contributed by atoms with Gasteiger partial charge in [-0.05, 0) is 55.2 Å². The van der Waals surface area contributed by atoms with E-state index in [1.165, 1.54) is 5.57 Å². The van der Waals surface area contributed by atoms with Crippen LogP contribution >= 0.6 is 0 Å². The number of ether oxygens (including phenoxy) is 1. The van der Waals surface area contributed by atoms with Crippen LogP contribution in [0.2, 0.25) is 0 Å². The quantitative estimate of drug-likeness (QED) is 0.865. The van der Waals surface area contributed by atoms with E-state index in [2.05, 4.69) is 5.32 Å². The van der Waals surface area contributed by atoms with Gasteiger partial charge in [-0.15, -0.1) is 0 Å². The van der Waals surface area contributed by atoms with Crippen LogP contribution in [0, 0.1) is 5.92 Å². The molecule has 3 aliphatic rings. The minimum Gasteiger partial charge on any atom is -0.497 e. The molecule has 1 atom stereocenters. The number of methoxy groups -OCH3 is 1. The van der Waals surface area contributed by atoms with E-state index in [9.17, 15) is 4.79 Å². The Morgan fingerprint density at radius 1 is 1.24 bits per heavy atom. The topological polar surface area (TPSA) is 38.3 Å². The van der Waals surface area contributed by atoms with Crippen LogP contribution in [0.5, 0.6) is 0 Å². The van der Waals surface area contributed by atoms with Crippen LogP contribution in [-0.4, -0.2) is 26.0 Å². The van der Waals surface area contributed by atoms with Crippen molar-refractivity contribution in [2.45, 2.75) is 19.3 Å². The van der Waals surface area contributed by atoms with Gasteiger partial charge in [0.15, 0.2) is 5.78 Å². The molecule has 0 aromatic heterocycles. The fourth-order valence-electron chi connectivity index (χ4n) is 3.01. The minimum atomic E-state index is 0.120. The summed E-state index contributed by atoms with van der Waals surface area (Å²) in [5.41, 5.74) is 3.16. The summed E-state index contributed by atoms with van der Waals surface area (Å²) in [4.78, 5) is 12.7. The lowest BCUT2D eigenvalue weighted by atomic mass is 9.90. The van der Waals surface area contributed by atoms with Gasteiger partial charge in [-0.25, -0.2) is 0 Å². The third kappa shape index (κ3) is 3.24. The smallest absolute Gasteiger partial charge is 0.167 e. The second kappa shape index (κ2) is 6.27. The molecule has 0 aromatic carbocycles. The van der Waals surface area contributed by atoms with Gasteiger partial charge in [-0.2, -0.15) is 0 Å². The number of carbonyl (C=O) groups is 1. The summed E-state index contributed by atoms with van der Waals surface area (Å²) in [6.45, 7) is 1.83. The number of fused-ring (bicyclic) bond motifs is 2. The first-order valence-electron chi connectivity index (χ1n) is 7.56. The summed E-state index contributed by atoms with van der Waals surface area (Å²) in [5.74, 6) is 1.24. The van der Waals surface area contributed by atoms with Crippen molar-refractivity contribution in [3.8, 4) is 0 Å². The second-order valence-corrected chi connectivity index (χ2v) is 5.75. The maximum atomic E-state index is 12.7. The van der Waals surface area contributed by atoms with Gasteiger partial charge in [0.1, 0.15) is 5.76 Å². The van der Waals surface area contributed by atoms with Crippen LogP contribution in [0.15, 0.2) is 58.9 Å². The Hall–Kier alpha value is -1.87. The van der Waals surface area contributed by atoms with Gasteiger partial charge < -0.3 is 10.1 Å². The molecule has 1 saturated heterocycles. The highest BCUT2D eigenvalue weighted by molar-refractivity contribution is 6.00. The highest BCUT2D eigenvalue weighted by Crippen LogP contribution is 2.27. The first-order chi connectivity index (χ1) is 10.3. The van der Waals surface area contributed by atoms with Crippen LogP contribution in [0.4, 0.5) is 0 Å². The SMILES string of the molecule is COC1=CC=C2C=C(C(=O)C3CCCNC3)C=CC(=C1)C2. The molecule has 0 spiro atoms. The molecule has 0 radical (unpaired) electrons. The summed E-state index contributed by atoms with van der Waals surface area (Å²) in [5, 5.41) is 3.32. The van der Waals surface area contributed by atoms with Crippen LogP contribution in [0.25, 0.3) is 0 Å². The van der Waals surface area contributed by atoms with Crippen molar-refractivity contribution in [3.63, 3.8) is 0 Å². The molecule has 1 N–H and O–H groups in total. The minimum absolute atomic E-state index is 0.120. The molecule has 0 amide bonds. The standard InChI is InChI=1S/C18H21NO2/c1-21-17-7-5-13-9-14(11-17)4-6-15(10-13)18(20)16-3-2-8-19-12-16/h4-7,10-11,16,19H,2-3,8-9,12H2,1H3. The van der Waals surface area contributed by atoms with Gasteiger partial charge in [-0.1, -0.05) is 18.2 Å². The highest BCUT2D eigenvalue weighted by atomic mass is 16.5. The molecule has 1 unspecified atom stereocenters. The van der Waals surface area contributed by atoms with E-state index in [-0.39, 0.29) is 11.7 Å². The summed E-state index contributed by atoms with van der Waals surface area (Å²) < 4.78 is 5.30. The molecule has 1 fully saturated rings. The van der Waals surface area contributed by atoms with Crippen molar-refractivity contribution in [3.05, 3.63) is 58.9 Å². The second-order valence-electron chi connectivity index (χ2n) is 5.75. The fourth-order valence-corrected chi connectivity index (χ4v) is 3.01. The van der Waals surface area contributed by atoms with E-state index in [4.69, 9.17) is 4.74 Å². The lowest BCUT2D eigenvalue weighted by Gasteiger charge is -2.21. The Morgan fingerprint density at radius 3 is 2.90 bits per heavy atom. The van der Waals surface area contributed by atoms with Crippen LogP contribution in [-0.2, 0) is 9.53 Å². The van der Waals surface area contributed by atoms with E-state index < -0.39 is 0 Å². The van der Waals surface area contributed by atoms with E-state index >= 15 is 0 Å². The van der Waals surface area contributed by atoms with E-state index in [1.54, 1.807) is 7.11 Å². The lowest BCUT2D eigenvalue weighted by molar-refractivity contribution is -0.119. The number of Topliss-reactive ketones (excluding diaryl/α,β-unsaturated/α-hetero) is 1. The lowest BCUT2D eigenvalue weighted by Crippen LogP contribution is -2.34. The Morgan fingerprint density at radius 2 is 2.14 bits per heavy atom. The summed E-state index contributed by atoms with van der Waals surface area (Å²) >= 11 is 0. The van der Waals surface area contributed by atoms with Gasteiger partial charge in [0.25, 0.3) is 0 Å². The van der Waals surface area contributed by atoms with Crippen molar-refractivity contribution in [1.29, 1.82) is 0 Å². The van der Waals surface area contributed by atoms with Crippen molar-refractivity contribution in [1.82, 2.24) is 5.32 Å². The third-order valence-corrected chi connectivity index (χ3v) is 4.20. The number of rotatable bonds is 3. The average Bonchev–Trinajstić information content (AvgIpc) is 2.86. The zero-order valence-electron chi connectivity index (χ0n) is 12.4. The zero-order chi connectivity index (χ0) is 14.7.